The van der Waals surface area contributed by atoms with Gasteiger partial charge in [0.05, 0.1) is 0 Å². The smallest absolute Gasteiger partial charge is 0.333 e. The largest absolute Gasteiger partial charge is 0.449 e. The fraction of sp³-hybridized carbons (Fsp3) is 0.636. The van der Waals surface area contributed by atoms with Gasteiger partial charge in [-0.25, -0.2) is 4.79 Å². The molecule has 1 amide bonds. The zero-order valence-corrected chi connectivity index (χ0v) is 10.2. The monoisotopic (exact) mass is 245 g/mol. The molecular formula is C11H19NO5. The van der Waals surface area contributed by atoms with E-state index in [0.29, 0.717) is 6.42 Å². The lowest BCUT2D eigenvalue weighted by molar-refractivity contribution is -0.290. The minimum atomic E-state index is -1.18. The standard InChI is InChI=1S/C11H19NO5/c1-4-5-6-7-9(10(13)12(15)16)17-11(14)8(2)3/h9,15-16H,2,4-7H2,1,3H3. The van der Waals surface area contributed by atoms with Crippen molar-refractivity contribution in [3.8, 4) is 0 Å². The molecule has 0 aliphatic heterocycles. The van der Waals surface area contributed by atoms with Crippen molar-refractivity contribution in [3.63, 3.8) is 0 Å². The molecule has 6 nitrogen and oxygen atoms in total. The van der Waals surface area contributed by atoms with E-state index in [-0.39, 0.29) is 12.0 Å². The quantitative estimate of drug-likeness (QED) is 0.234. The summed E-state index contributed by atoms with van der Waals surface area (Å²) in [5, 5.41) is 16.7. The van der Waals surface area contributed by atoms with Crippen LogP contribution in [-0.2, 0) is 14.3 Å². The first kappa shape index (κ1) is 15.6. The first-order valence-corrected chi connectivity index (χ1v) is 5.48. The number of amides is 1. The Morgan fingerprint density at radius 2 is 1.94 bits per heavy atom. The van der Waals surface area contributed by atoms with E-state index >= 15 is 0 Å². The normalized spacial score (nSPS) is 11.8. The van der Waals surface area contributed by atoms with Crippen molar-refractivity contribution < 1.29 is 24.7 Å². The average molecular weight is 245 g/mol. The van der Waals surface area contributed by atoms with Crippen LogP contribution in [0.2, 0.25) is 0 Å². The summed E-state index contributed by atoms with van der Waals surface area (Å²) in [5.74, 6) is -1.78. The third-order valence-corrected chi connectivity index (χ3v) is 2.14. The molecule has 0 aliphatic carbocycles. The van der Waals surface area contributed by atoms with Crippen LogP contribution in [0.1, 0.15) is 39.5 Å². The van der Waals surface area contributed by atoms with Gasteiger partial charge in [-0.15, -0.1) is 0 Å². The summed E-state index contributed by atoms with van der Waals surface area (Å²) in [7, 11) is 0. The molecular weight excluding hydrogens is 226 g/mol. The summed E-state index contributed by atoms with van der Waals surface area (Å²) < 4.78 is 4.83. The van der Waals surface area contributed by atoms with Gasteiger partial charge in [0.25, 0.3) is 0 Å². The molecule has 0 spiro atoms. The van der Waals surface area contributed by atoms with Crippen LogP contribution < -0.4 is 0 Å². The fourth-order valence-corrected chi connectivity index (χ4v) is 1.17. The third kappa shape index (κ3) is 6.03. The van der Waals surface area contributed by atoms with Crippen LogP contribution in [0, 0.1) is 0 Å². The maximum Gasteiger partial charge on any atom is 0.333 e. The molecule has 0 aromatic rings. The number of carbonyl (C=O) groups excluding carboxylic acids is 2. The molecule has 1 atom stereocenters. The van der Waals surface area contributed by atoms with Crippen LogP contribution in [0.25, 0.3) is 0 Å². The first-order chi connectivity index (χ1) is 7.90. The molecule has 0 aliphatic rings. The van der Waals surface area contributed by atoms with Gasteiger partial charge in [0.1, 0.15) is 0 Å². The van der Waals surface area contributed by atoms with Crippen LogP contribution in [-0.4, -0.2) is 33.6 Å². The molecule has 0 fully saturated rings. The first-order valence-electron chi connectivity index (χ1n) is 5.48. The van der Waals surface area contributed by atoms with Crippen molar-refractivity contribution in [3.05, 3.63) is 12.2 Å². The Balaban J connectivity index is 4.45. The average Bonchev–Trinajstić information content (AvgIpc) is 2.26. The summed E-state index contributed by atoms with van der Waals surface area (Å²) >= 11 is 0. The van der Waals surface area contributed by atoms with Crippen LogP contribution >= 0.6 is 0 Å². The number of rotatable bonds is 7. The third-order valence-electron chi connectivity index (χ3n) is 2.14. The summed E-state index contributed by atoms with van der Waals surface area (Å²) in [5.41, 5.74) is 0.153. The van der Waals surface area contributed by atoms with Crippen molar-refractivity contribution in [2.45, 2.75) is 45.6 Å². The molecule has 0 saturated carbocycles. The van der Waals surface area contributed by atoms with Gasteiger partial charge >= 0.3 is 11.9 Å². The Kier molecular flexibility index (Phi) is 7.16. The second kappa shape index (κ2) is 7.81. The van der Waals surface area contributed by atoms with Gasteiger partial charge in [-0.05, 0) is 19.8 Å². The Hall–Kier alpha value is -1.40. The highest BCUT2D eigenvalue weighted by molar-refractivity contribution is 5.90. The number of hydroxylamine groups is 2. The zero-order valence-electron chi connectivity index (χ0n) is 10.2. The number of nitrogens with zero attached hydrogens (tertiary/aromatic N) is 1. The van der Waals surface area contributed by atoms with Crippen molar-refractivity contribution in [2.24, 2.45) is 0 Å². The molecule has 1 unspecified atom stereocenters. The molecule has 0 aromatic heterocycles. The van der Waals surface area contributed by atoms with E-state index in [0.717, 1.165) is 12.8 Å². The van der Waals surface area contributed by atoms with E-state index in [9.17, 15) is 9.59 Å². The van der Waals surface area contributed by atoms with E-state index in [1.165, 1.54) is 6.92 Å². The minimum Gasteiger partial charge on any atom is -0.449 e. The highest BCUT2D eigenvalue weighted by Gasteiger charge is 2.26. The van der Waals surface area contributed by atoms with Gasteiger partial charge in [0.15, 0.2) is 6.10 Å². The number of esters is 1. The number of carbonyl (C=O) groups is 2. The van der Waals surface area contributed by atoms with E-state index in [1.807, 2.05) is 6.92 Å². The maximum atomic E-state index is 11.3. The van der Waals surface area contributed by atoms with E-state index in [4.69, 9.17) is 15.2 Å². The SMILES string of the molecule is C=C(C)C(=O)OC(CCCCC)C(=O)N(O)O. The van der Waals surface area contributed by atoms with E-state index < -0.39 is 23.2 Å². The van der Waals surface area contributed by atoms with Gasteiger partial charge in [-0.1, -0.05) is 31.6 Å². The van der Waals surface area contributed by atoms with Gasteiger partial charge in [0.2, 0.25) is 0 Å². The maximum absolute atomic E-state index is 11.3. The van der Waals surface area contributed by atoms with Crippen molar-refractivity contribution >= 4 is 11.9 Å². The summed E-state index contributed by atoms with van der Waals surface area (Å²) in [4.78, 5) is 22.6. The summed E-state index contributed by atoms with van der Waals surface area (Å²) in [6.45, 7) is 6.82. The van der Waals surface area contributed by atoms with Gasteiger partial charge in [-0.3, -0.25) is 15.2 Å². The molecule has 0 heterocycles. The molecule has 2 N–H and O–H groups in total. The number of hydrogen-bond acceptors (Lipinski definition) is 5. The second-order valence-corrected chi connectivity index (χ2v) is 3.80. The number of ether oxygens (including phenoxy) is 1. The van der Waals surface area contributed by atoms with Gasteiger partial charge in [0, 0.05) is 5.57 Å². The van der Waals surface area contributed by atoms with Gasteiger partial charge in [-0.2, -0.15) is 0 Å². The van der Waals surface area contributed by atoms with E-state index in [2.05, 4.69) is 6.58 Å². The van der Waals surface area contributed by atoms with Crippen LogP contribution in [0.5, 0.6) is 0 Å². The molecule has 0 aromatic carbocycles. The zero-order chi connectivity index (χ0) is 13.4. The Bertz CT molecular complexity index is 288. The number of unbranched alkanes of at least 4 members (excludes halogenated alkanes) is 2. The van der Waals surface area contributed by atoms with Crippen molar-refractivity contribution in [2.75, 3.05) is 0 Å². The predicted molar refractivity (Wildman–Crippen MR) is 59.3 cm³/mol. The van der Waals surface area contributed by atoms with Crippen LogP contribution in [0.4, 0.5) is 0 Å². The molecule has 0 rings (SSSR count). The predicted octanol–water partition coefficient (Wildman–Crippen LogP) is 1.66. The van der Waals surface area contributed by atoms with E-state index in [1.54, 1.807) is 0 Å². The molecule has 6 heteroatoms. The molecule has 17 heavy (non-hydrogen) atoms. The minimum absolute atomic E-state index is 0.153. The fourth-order valence-electron chi connectivity index (χ4n) is 1.17. The summed E-state index contributed by atoms with van der Waals surface area (Å²) in [6, 6.07) is 0. The Morgan fingerprint density at radius 1 is 1.35 bits per heavy atom. The van der Waals surface area contributed by atoms with Crippen molar-refractivity contribution in [1.82, 2.24) is 5.23 Å². The topological polar surface area (TPSA) is 87.1 Å². The molecule has 0 radical (unpaired) electrons. The molecule has 0 bridgehead atoms. The lowest BCUT2D eigenvalue weighted by atomic mass is 10.1. The highest BCUT2D eigenvalue weighted by Crippen LogP contribution is 2.10. The molecule has 98 valence electrons. The van der Waals surface area contributed by atoms with Crippen LogP contribution in [0.15, 0.2) is 12.2 Å². The van der Waals surface area contributed by atoms with Crippen molar-refractivity contribution in [1.29, 1.82) is 0 Å². The lowest BCUT2D eigenvalue weighted by Gasteiger charge is -2.18. The Labute approximate surface area is 100 Å². The summed E-state index contributed by atoms with van der Waals surface area (Å²) in [6.07, 6.45) is 1.54. The Morgan fingerprint density at radius 3 is 2.35 bits per heavy atom. The van der Waals surface area contributed by atoms with Gasteiger partial charge < -0.3 is 4.74 Å². The lowest BCUT2D eigenvalue weighted by Crippen LogP contribution is -2.37. The number of hydrogen-bond donors (Lipinski definition) is 2. The molecule has 0 saturated heterocycles. The van der Waals surface area contributed by atoms with Crippen LogP contribution in [0.3, 0.4) is 0 Å². The second-order valence-electron chi connectivity index (χ2n) is 3.80. The highest BCUT2D eigenvalue weighted by atomic mass is 16.8.